The third-order valence-electron chi connectivity index (χ3n) is 2.33. The van der Waals surface area contributed by atoms with Gasteiger partial charge in [0.15, 0.2) is 0 Å². The lowest BCUT2D eigenvalue weighted by Crippen LogP contribution is -2.46. The number of alkyl halides is 1. The highest BCUT2D eigenvalue weighted by atomic mass is 35.5. The second kappa shape index (κ2) is 5.56. The third-order valence-corrected chi connectivity index (χ3v) is 2.58. The molecule has 5 nitrogen and oxygen atoms in total. The number of carbonyl (C=O) groups is 2. The molecule has 82 valence electrons. The van der Waals surface area contributed by atoms with Crippen LogP contribution in [0.4, 0.5) is 4.79 Å². The molecule has 0 unspecified atom stereocenters. The maximum atomic E-state index is 11.4. The van der Waals surface area contributed by atoms with Gasteiger partial charge in [-0.25, -0.2) is 4.79 Å². The molecular formula is C9H12ClN3O2. The van der Waals surface area contributed by atoms with Crippen LogP contribution in [0, 0.1) is 17.2 Å². The molecule has 1 aliphatic heterocycles. The second-order valence-corrected chi connectivity index (χ2v) is 3.64. The van der Waals surface area contributed by atoms with Gasteiger partial charge in [0.25, 0.3) is 0 Å². The van der Waals surface area contributed by atoms with E-state index in [-0.39, 0.29) is 11.8 Å². The van der Waals surface area contributed by atoms with Gasteiger partial charge in [-0.05, 0) is 12.8 Å². The Labute approximate surface area is 93.0 Å². The molecule has 1 fully saturated rings. The minimum atomic E-state index is -0.496. The van der Waals surface area contributed by atoms with Gasteiger partial charge in [0.05, 0.1) is 6.07 Å². The summed E-state index contributed by atoms with van der Waals surface area (Å²) in [7, 11) is 0. The maximum Gasteiger partial charge on any atom is 0.324 e. The molecule has 3 amide bonds. The van der Waals surface area contributed by atoms with Gasteiger partial charge in [0.2, 0.25) is 5.91 Å². The molecule has 1 saturated heterocycles. The van der Waals surface area contributed by atoms with E-state index in [1.807, 2.05) is 0 Å². The summed E-state index contributed by atoms with van der Waals surface area (Å²) in [5.41, 5.74) is 0. The van der Waals surface area contributed by atoms with Gasteiger partial charge in [-0.1, -0.05) is 0 Å². The minimum absolute atomic E-state index is 0.0257. The molecule has 0 aromatic carbocycles. The first-order chi connectivity index (χ1) is 7.17. The molecular weight excluding hydrogens is 218 g/mol. The molecule has 15 heavy (non-hydrogen) atoms. The fraction of sp³-hybridized carbons (Fsp3) is 0.667. The van der Waals surface area contributed by atoms with Crippen molar-refractivity contribution >= 4 is 23.5 Å². The topological polar surface area (TPSA) is 73.2 Å². The lowest BCUT2D eigenvalue weighted by Gasteiger charge is -2.28. The van der Waals surface area contributed by atoms with Gasteiger partial charge >= 0.3 is 6.03 Å². The zero-order chi connectivity index (χ0) is 11.3. The van der Waals surface area contributed by atoms with Crippen molar-refractivity contribution in [3.05, 3.63) is 0 Å². The quantitative estimate of drug-likeness (QED) is 0.673. The van der Waals surface area contributed by atoms with Crippen LogP contribution in [-0.2, 0) is 4.79 Å². The highest BCUT2D eigenvalue weighted by molar-refractivity contribution is 6.28. The predicted molar refractivity (Wildman–Crippen MR) is 54.2 cm³/mol. The smallest absolute Gasteiger partial charge is 0.324 e. The van der Waals surface area contributed by atoms with E-state index < -0.39 is 11.9 Å². The van der Waals surface area contributed by atoms with Crippen molar-refractivity contribution in [3.8, 4) is 6.07 Å². The SMILES string of the molecule is N#CC1CCN(C(=O)NC(=O)CCl)CC1. The number of nitriles is 1. The summed E-state index contributed by atoms with van der Waals surface area (Å²) < 4.78 is 0. The van der Waals surface area contributed by atoms with Crippen LogP contribution in [0.15, 0.2) is 0 Å². The Balaban J connectivity index is 2.37. The van der Waals surface area contributed by atoms with E-state index in [0.29, 0.717) is 25.9 Å². The average molecular weight is 230 g/mol. The van der Waals surface area contributed by atoms with E-state index in [1.54, 1.807) is 0 Å². The molecule has 0 aromatic rings. The molecule has 6 heteroatoms. The lowest BCUT2D eigenvalue weighted by atomic mass is 9.99. The number of imide groups is 1. The summed E-state index contributed by atoms with van der Waals surface area (Å²) in [6.45, 7) is 1.03. The van der Waals surface area contributed by atoms with Gasteiger partial charge in [-0.3, -0.25) is 10.1 Å². The van der Waals surface area contributed by atoms with Crippen LogP contribution in [-0.4, -0.2) is 35.8 Å². The molecule has 1 N–H and O–H groups in total. The Morgan fingerprint density at radius 1 is 1.47 bits per heavy atom. The first-order valence-corrected chi connectivity index (χ1v) is 5.25. The maximum absolute atomic E-state index is 11.4. The molecule has 1 aliphatic rings. The van der Waals surface area contributed by atoms with Crippen LogP contribution in [0.1, 0.15) is 12.8 Å². The number of nitrogens with zero attached hydrogens (tertiary/aromatic N) is 2. The van der Waals surface area contributed by atoms with E-state index in [1.165, 1.54) is 4.90 Å². The molecule has 0 spiro atoms. The monoisotopic (exact) mass is 229 g/mol. The molecule has 0 atom stereocenters. The largest absolute Gasteiger partial charge is 0.324 e. The number of hydrogen-bond donors (Lipinski definition) is 1. The van der Waals surface area contributed by atoms with Gasteiger partial charge in [0.1, 0.15) is 5.88 Å². The lowest BCUT2D eigenvalue weighted by molar-refractivity contribution is -0.117. The van der Waals surface area contributed by atoms with Crippen LogP contribution in [0.5, 0.6) is 0 Å². The van der Waals surface area contributed by atoms with E-state index in [4.69, 9.17) is 16.9 Å². The fourth-order valence-electron chi connectivity index (χ4n) is 1.44. The first-order valence-electron chi connectivity index (χ1n) is 4.71. The summed E-state index contributed by atoms with van der Waals surface area (Å²) in [6, 6.07) is 1.75. The van der Waals surface area contributed by atoms with Crippen molar-refractivity contribution in [3.63, 3.8) is 0 Å². The number of nitrogens with one attached hydrogen (secondary N) is 1. The van der Waals surface area contributed by atoms with E-state index in [9.17, 15) is 9.59 Å². The normalized spacial score (nSPS) is 16.9. The highest BCUT2D eigenvalue weighted by Gasteiger charge is 2.23. The summed E-state index contributed by atoms with van der Waals surface area (Å²) in [4.78, 5) is 23.8. The summed E-state index contributed by atoms with van der Waals surface area (Å²) >= 11 is 5.25. The van der Waals surface area contributed by atoms with Gasteiger partial charge in [0, 0.05) is 19.0 Å². The van der Waals surface area contributed by atoms with Gasteiger partial charge in [-0.2, -0.15) is 5.26 Å². The number of carbonyl (C=O) groups excluding carboxylic acids is 2. The zero-order valence-corrected chi connectivity index (χ0v) is 8.96. The van der Waals surface area contributed by atoms with E-state index in [0.717, 1.165) is 0 Å². The zero-order valence-electron chi connectivity index (χ0n) is 8.20. The van der Waals surface area contributed by atoms with Crippen molar-refractivity contribution in [1.29, 1.82) is 5.26 Å². The summed E-state index contributed by atoms with van der Waals surface area (Å²) in [5, 5.41) is 10.8. The molecule has 1 rings (SSSR count). The van der Waals surface area contributed by atoms with Gasteiger partial charge in [-0.15, -0.1) is 11.6 Å². The Hall–Kier alpha value is -1.28. The number of piperidine rings is 1. The first kappa shape index (κ1) is 11.8. The molecule has 1 heterocycles. The number of halogens is 1. The van der Waals surface area contributed by atoms with Crippen molar-refractivity contribution in [2.24, 2.45) is 5.92 Å². The molecule has 0 saturated carbocycles. The fourth-order valence-corrected chi connectivity index (χ4v) is 1.51. The predicted octanol–water partition coefficient (Wildman–Crippen LogP) is 0.697. The van der Waals surface area contributed by atoms with E-state index >= 15 is 0 Å². The Kier molecular flexibility index (Phi) is 4.37. The van der Waals surface area contributed by atoms with Crippen LogP contribution in [0.25, 0.3) is 0 Å². The molecule has 0 aliphatic carbocycles. The molecule has 0 bridgehead atoms. The number of rotatable bonds is 1. The van der Waals surface area contributed by atoms with Crippen LogP contribution in [0.3, 0.4) is 0 Å². The van der Waals surface area contributed by atoms with E-state index in [2.05, 4.69) is 11.4 Å². The van der Waals surface area contributed by atoms with Gasteiger partial charge < -0.3 is 4.90 Å². The summed E-state index contributed by atoms with van der Waals surface area (Å²) in [6.07, 6.45) is 1.33. The summed E-state index contributed by atoms with van der Waals surface area (Å²) in [5.74, 6) is -0.692. The van der Waals surface area contributed by atoms with Crippen LogP contribution in [0.2, 0.25) is 0 Å². The number of likely N-dealkylation sites (tertiary alicyclic amines) is 1. The van der Waals surface area contributed by atoms with Crippen LogP contribution < -0.4 is 5.32 Å². The van der Waals surface area contributed by atoms with Crippen molar-refractivity contribution < 1.29 is 9.59 Å². The minimum Gasteiger partial charge on any atom is -0.324 e. The number of hydrogen-bond acceptors (Lipinski definition) is 3. The Morgan fingerprint density at radius 3 is 2.53 bits per heavy atom. The van der Waals surface area contributed by atoms with Crippen molar-refractivity contribution in [2.45, 2.75) is 12.8 Å². The number of urea groups is 1. The molecule has 0 radical (unpaired) electrons. The third kappa shape index (κ3) is 3.40. The Morgan fingerprint density at radius 2 is 2.07 bits per heavy atom. The van der Waals surface area contributed by atoms with Crippen molar-refractivity contribution in [2.75, 3.05) is 19.0 Å². The van der Waals surface area contributed by atoms with Crippen molar-refractivity contribution in [1.82, 2.24) is 10.2 Å². The molecule has 0 aromatic heterocycles. The highest BCUT2D eigenvalue weighted by Crippen LogP contribution is 2.15. The standard InChI is InChI=1S/C9H12ClN3O2/c10-5-8(14)12-9(15)13-3-1-7(6-11)2-4-13/h7H,1-5H2,(H,12,14,15). The second-order valence-electron chi connectivity index (χ2n) is 3.38. The average Bonchev–Trinajstić information content (AvgIpc) is 2.29. The number of amides is 3. The van der Waals surface area contributed by atoms with Crippen LogP contribution >= 0.6 is 11.6 Å². The Bertz CT molecular complexity index is 292.